The highest BCUT2D eigenvalue weighted by Crippen LogP contribution is 2.37. The smallest absolute Gasteiger partial charge is 0.349 e. The number of anilines is 2. The van der Waals surface area contributed by atoms with E-state index in [0.717, 1.165) is 47.3 Å². The van der Waals surface area contributed by atoms with E-state index in [-0.39, 0.29) is 26.0 Å². The predicted octanol–water partition coefficient (Wildman–Crippen LogP) is 6.15. The topological polar surface area (TPSA) is 146 Å². The molecule has 0 saturated heterocycles. The number of unbranched alkanes of at least 4 members (excludes halogenated alkanes) is 7. The van der Waals surface area contributed by atoms with Crippen LogP contribution in [0.3, 0.4) is 0 Å². The molecule has 0 atom stereocenters. The number of carboxylic acids is 2. The number of carbonyl (C=O) groups is 2. The number of benzene rings is 2. The highest BCUT2D eigenvalue weighted by Gasteiger charge is 2.21. The fourth-order valence-electron chi connectivity index (χ4n) is 6.64. The van der Waals surface area contributed by atoms with E-state index in [1.54, 1.807) is 25.1 Å². The van der Waals surface area contributed by atoms with Gasteiger partial charge in [0.2, 0.25) is 0 Å². The number of allylic oxidation sites excluding steroid dienone is 1. The van der Waals surface area contributed by atoms with Crippen LogP contribution in [-0.2, 0) is 35.5 Å². The molecule has 10 nitrogen and oxygen atoms in total. The van der Waals surface area contributed by atoms with E-state index in [4.69, 9.17) is 0 Å². The van der Waals surface area contributed by atoms with Gasteiger partial charge in [0.15, 0.2) is 5.57 Å². The molecule has 1 aliphatic heterocycles. The van der Waals surface area contributed by atoms with Gasteiger partial charge < -0.3 is 15.1 Å². The van der Waals surface area contributed by atoms with Crippen LogP contribution in [0.2, 0.25) is 0 Å². The lowest BCUT2D eigenvalue weighted by Crippen LogP contribution is -2.32. The lowest BCUT2D eigenvalue weighted by atomic mass is 10.0. The van der Waals surface area contributed by atoms with Crippen LogP contribution in [0.25, 0.3) is 17.7 Å². The summed E-state index contributed by atoms with van der Waals surface area (Å²) >= 11 is 1.76. The van der Waals surface area contributed by atoms with Crippen molar-refractivity contribution in [1.29, 1.82) is 5.26 Å². The fourth-order valence-corrected chi connectivity index (χ4v) is 9.02. The van der Waals surface area contributed by atoms with Gasteiger partial charge in [0.25, 0.3) is 11.1 Å². The Balaban J connectivity index is 1.47. The zero-order valence-electron chi connectivity index (χ0n) is 29.6. The first-order chi connectivity index (χ1) is 25.2. The van der Waals surface area contributed by atoms with Gasteiger partial charge in [-0.1, -0.05) is 88.3 Å². The standard InChI is InChI=1S/C40H44N4O6S2/c1-3-5-6-7-8-9-10-13-23-43-31-17-12-11-16-28(31)20-21-29-24-27(19-22-32(29)43)15-14-18-33-36(47)42(4-2)39(51-33)35-37(48)44(26-34(45)46)38(52-35)30(25-41)40(49)50/h11-12,14-19,22,24H,3-10,13,20-21,23,26H2,1-2H3,(H,45,46)(H,49,50)/b15-14+,33-18+,38-30+,39-35+. The molecule has 0 fully saturated rings. The highest BCUT2D eigenvalue weighted by atomic mass is 32.1. The van der Waals surface area contributed by atoms with Crippen LogP contribution in [0, 0.1) is 20.5 Å². The Hall–Kier alpha value is -4.99. The maximum atomic E-state index is 13.4. The van der Waals surface area contributed by atoms with Gasteiger partial charge in [-0.15, -0.1) is 22.7 Å². The number of aromatic nitrogens is 2. The van der Waals surface area contributed by atoms with Gasteiger partial charge in [-0.25, -0.2) is 4.79 Å². The Morgan fingerprint density at radius 2 is 1.56 bits per heavy atom. The molecule has 0 aliphatic carbocycles. The van der Waals surface area contributed by atoms with Gasteiger partial charge >= 0.3 is 11.9 Å². The van der Waals surface area contributed by atoms with Crippen LogP contribution in [0.1, 0.15) is 81.9 Å². The van der Waals surface area contributed by atoms with E-state index in [1.807, 2.05) is 6.08 Å². The number of hydrogen-bond acceptors (Lipinski definition) is 8. The summed E-state index contributed by atoms with van der Waals surface area (Å²) in [4.78, 5) is 52.5. The summed E-state index contributed by atoms with van der Waals surface area (Å²) in [6.07, 6.45) is 17.5. The second-order valence-electron chi connectivity index (χ2n) is 12.8. The van der Waals surface area contributed by atoms with Crippen molar-refractivity contribution in [1.82, 2.24) is 9.13 Å². The van der Waals surface area contributed by atoms with E-state index >= 15 is 0 Å². The van der Waals surface area contributed by atoms with Crippen molar-refractivity contribution in [3.63, 3.8) is 0 Å². The van der Waals surface area contributed by atoms with Gasteiger partial charge in [0, 0.05) is 24.5 Å². The monoisotopic (exact) mass is 740 g/mol. The minimum absolute atomic E-state index is 0.00102. The molecule has 52 heavy (non-hydrogen) atoms. The van der Waals surface area contributed by atoms with Crippen LogP contribution in [-0.4, -0.2) is 37.8 Å². The maximum absolute atomic E-state index is 13.4. The molecule has 2 N–H and O–H groups in total. The van der Waals surface area contributed by atoms with Gasteiger partial charge in [-0.3, -0.25) is 23.5 Å². The summed E-state index contributed by atoms with van der Waals surface area (Å²) in [5, 5.41) is 28.3. The Bertz CT molecular complexity index is 2360. The number of hydrogen-bond donors (Lipinski definition) is 2. The molecule has 5 rings (SSSR count). The van der Waals surface area contributed by atoms with Crippen LogP contribution >= 0.6 is 22.7 Å². The second-order valence-corrected chi connectivity index (χ2v) is 14.8. The number of carboxylic acid groups (broad SMARTS) is 2. The molecule has 2 aromatic carbocycles. The number of rotatable bonds is 15. The number of fused-ring (bicyclic) bond motifs is 2. The van der Waals surface area contributed by atoms with E-state index < -0.39 is 29.6 Å². The SMILES string of the molecule is CCCCCCCCCCN1c2ccccc2CCc2cc(/C=C/C=c3/s/c(=c4/s/c(=C(\C#N)C(=O)O)n(CC(=O)O)c4=O)n(CC)c3=O)ccc21. The maximum Gasteiger partial charge on any atom is 0.349 e. The minimum atomic E-state index is -1.58. The van der Waals surface area contributed by atoms with E-state index in [1.165, 1.54) is 72.0 Å². The van der Waals surface area contributed by atoms with Gasteiger partial charge in [-0.2, -0.15) is 5.26 Å². The van der Waals surface area contributed by atoms with Gasteiger partial charge in [0.05, 0.1) is 4.53 Å². The van der Waals surface area contributed by atoms with Crippen LogP contribution in [0.15, 0.2) is 58.1 Å². The normalized spacial score (nSPS) is 14.2. The number of aryl methyl sites for hydroxylation is 2. The zero-order valence-corrected chi connectivity index (χ0v) is 31.2. The first kappa shape index (κ1) is 38.2. The summed E-state index contributed by atoms with van der Waals surface area (Å²) < 4.78 is 2.51. The molecular formula is C40H44N4O6S2. The number of para-hydroxylation sites is 1. The van der Waals surface area contributed by atoms with E-state index in [9.17, 15) is 34.7 Å². The Morgan fingerprint density at radius 1 is 0.865 bits per heavy atom. The first-order valence-corrected chi connectivity index (χ1v) is 19.5. The molecule has 0 bridgehead atoms. The minimum Gasteiger partial charge on any atom is -0.480 e. The van der Waals surface area contributed by atoms with Crippen molar-refractivity contribution >= 4 is 63.7 Å². The van der Waals surface area contributed by atoms with Crippen molar-refractivity contribution in [2.45, 2.75) is 91.1 Å². The largest absolute Gasteiger partial charge is 0.480 e. The number of aliphatic carboxylic acids is 2. The molecule has 0 spiro atoms. The molecule has 272 valence electrons. The summed E-state index contributed by atoms with van der Waals surface area (Å²) in [5.41, 5.74) is 4.27. The number of nitrogens with zero attached hydrogens (tertiary/aromatic N) is 4. The fraction of sp³-hybridized carbons (Fsp3) is 0.375. The molecule has 4 aromatic rings. The van der Waals surface area contributed by atoms with E-state index in [0.29, 0.717) is 15.9 Å². The summed E-state index contributed by atoms with van der Waals surface area (Å²) in [5.74, 6) is -2.95. The average Bonchev–Trinajstić information content (AvgIpc) is 3.55. The van der Waals surface area contributed by atoms with Gasteiger partial charge in [-0.05, 0) is 67.2 Å². The third-order valence-electron chi connectivity index (χ3n) is 9.25. The zero-order chi connectivity index (χ0) is 37.2. The molecular weight excluding hydrogens is 697 g/mol. The van der Waals surface area contributed by atoms with Gasteiger partial charge in [0.1, 0.15) is 26.5 Å². The Labute approximate surface area is 309 Å². The molecule has 1 aliphatic rings. The molecule has 0 amide bonds. The van der Waals surface area contributed by atoms with Crippen molar-refractivity contribution in [2.24, 2.45) is 0 Å². The Kier molecular flexibility index (Phi) is 13.2. The summed E-state index contributed by atoms with van der Waals surface area (Å²) in [7, 11) is 0. The quantitative estimate of drug-likeness (QED) is 0.138. The van der Waals surface area contributed by atoms with Crippen LogP contribution in [0.5, 0.6) is 0 Å². The summed E-state index contributed by atoms with van der Waals surface area (Å²) in [6.45, 7) is 4.36. The molecule has 0 saturated carbocycles. The molecule has 12 heteroatoms. The van der Waals surface area contributed by atoms with E-state index in [2.05, 4.69) is 54.3 Å². The van der Waals surface area contributed by atoms with Crippen LogP contribution in [0.4, 0.5) is 11.4 Å². The first-order valence-electron chi connectivity index (χ1n) is 17.9. The summed E-state index contributed by atoms with van der Waals surface area (Å²) in [6, 6.07) is 16.7. The van der Waals surface area contributed by atoms with Crippen LogP contribution < -0.4 is 25.2 Å². The number of thiazole rings is 2. The molecule has 3 heterocycles. The average molecular weight is 741 g/mol. The highest BCUT2D eigenvalue weighted by molar-refractivity contribution is 7.11. The number of nitriles is 1. The third kappa shape index (κ3) is 8.72. The third-order valence-corrected chi connectivity index (χ3v) is 11.7. The lowest BCUT2D eigenvalue weighted by molar-refractivity contribution is -0.138. The Morgan fingerprint density at radius 3 is 2.25 bits per heavy atom. The second kappa shape index (κ2) is 18.0. The van der Waals surface area contributed by atoms with Crippen molar-refractivity contribution in [3.8, 4) is 6.07 Å². The van der Waals surface area contributed by atoms with Crippen molar-refractivity contribution in [2.75, 3.05) is 11.4 Å². The predicted molar refractivity (Wildman–Crippen MR) is 207 cm³/mol. The molecule has 0 unspecified atom stereocenters. The lowest BCUT2D eigenvalue weighted by Gasteiger charge is -2.27. The van der Waals surface area contributed by atoms with Crippen molar-refractivity contribution < 1.29 is 19.8 Å². The van der Waals surface area contributed by atoms with Crippen molar-refractivity contribution in [3.05, 3.63) is 104 Å². The molecule has 2 aromatic heterocycles. The molecule has 0 radical (unpaired) electrons.